The molecule has 0 aromatic carbocycles. The second-order valence-electron chi connectivity index (χ2n) is 8.05. The van der Waals surface area contributed by atoms with Crippen molar-refractivity contribution in [3.63, 3.8) is 0 Å². The van der Waals surface area contributed by atoms with Crippen molar-refractivity contribution in [2.24, 2.45) is 0 Å². The molecule has 5 rings (SSSR count). The lowest BCUT2D eigenvalue weighted by atomic mass is 10.1. The zero-order chi connectivity index (χ0) is 23.1. The summed E-state index contributed by atoms with van der Waals surface area (Å²) in [6, 6.07) is 1.60. The Labute approximate surface area is 198 Å². The van der Waals surface area contributed by atoms with Gasteiger partial charge in [-0.1, -0.05) is 11.8 Å². The first-order valence-corrected chi connectivity index (χ1v) is 12.8. The average Bonchev–Trinajstić information content (AvgIpc) is 3.44. The minimum Gasteiger partial charge on any atom is -0.340 e. The van der Waals surface area contributed by atoms with Gasteiger partial charge in [-0.05, 0) is 20.1 Å². The van der Waals surface area contributed by atoms with Crippen molar-refractivity contribution < 1.29 is 4.79 Å². The van der Waals surface area contributed by atoms with E-state index in [1.54, 1.807) is 21.2 Å². The van der Waals surface area contributed by atoms with Crippen molar-refractivity contribution in [2.75, 3.05) is 32.4 Å². The maximum Gasteiger partial charge on any atom is 0.258 e. The third-order valence-electron chi connectivity index (χ3n) is 6.01. The molecule has 0 bridgehead atoms. The minimum atomic E-state index is -0.0570. The molecule has 5 heterocycles. The number of thioether (sulfide) groups is 1. The number of amides is 1. The van der Waals surface area contributed by atoms with Crippen molar-refractivity contribution in [1.82, 2.24) is 38.8 Å². The first kappa shape index (κ1) is 22.0. The van der Waals surface area contributed by atoms with E-state index < -0.39 is 0 Å². The molecule has 0 saturated carbocycles. The number of fused-ring (bicyclic) bond motifs is 2. The Morgan fingerprint density at radius 3 is 2.70 bits per heavy atom. The summed E-state index contributed by atoms with van der Waals surface area (Å²) in [6.45, 7) is 7.26. The Bertz CT molecular complexity index is 1400. The molecule has 4 aromatic heterocycles. The fourth-order valence-corrected chi connectivity index (χ4v) is 5.22. The van der Waals surface area contributed by atoms with Crippen LogP contribution in [0.1, 0.15) is 22.6 Å². The van der Waals surface area contributed by atoms with E-state index in [2.05, 4.69) is 25.0 Å². The molecule has 0 radical (unpaired) electrons. The highest BCUT2D eigenvalue weighted by Gasteiger charge is 2.24. The number of hydrogen-bond acceptors (Lipinski definition) is 9. The van der Waals surface area contributed by atoms with Gasteiger partial charge in [-0.3, -0.25) is 18.9 Å². The van der Waals surface area contributed by atoms with Crippen molar-refractivity contribution in [3.05, 3.63) is 50.6 Å². The van der Waals surface area contributed by atoms with Gasteiger partial charge in [0.2, 0.25) is 11.1 Å². The lowest BCUT2D eigenvalue weighted by molar-refractivity contribution is -0.132. The number of carbonyl (C=O) groups is 1. The molecule has 1 fully saturated rings. The summed E-state index contributed by atoms with van der Waals surface area (Å²) in [6.07, 6.45) is 3.96. The monoisotopic (exact) mass is 484 g/mol. The van der Waals surface area contributed by atoms with Gasteiger partial charge in [0.25, 0.3) is 11.3 Å². The van der Waals surface area contributed by atoms with Crippen molar-refractivity contribution >= 4 is 39.7 Å². The van der Waals surface area contributed by atoms with Gasteiger partial charge >= 0.3 is 0 Å². The molecule has 1 aliphatic heterocycles. The van der Waals surface area contributed by atoms with Crippen LogP contribution >= 0.6 is 23.1 Å². The summed E-state index contributed by atoms with van der Waals surface area (Å²) in [5.74, 6) is 0.650. The summed E-state index contributed by atoms with van der Waals surface area (Å²) in [5, 5.41) is 7.00. The molecule has 0 N–H and O–H groups in total. The summed E-state index contributed by atoms with van der Waals surface area (Å²) in [7, 11) is 0. The van der Waals surface area contributed by atoms with Gasteiger partial charge < -0.3 is 4.90 Å². The van der Waals surface area contributed by atoms with Gasteiger partial charge in [-0.25, -0.2) is 14.5 Å². The van der Waals surface area contributed by atoms with Crippen molar-refractivity contribution in [2.45, 2.75) is 32.0 Å². The standard InChI is InChI=1S/C21H24N8O2S2/c1-13-16(14(2)29-19(22-13)24-20(25-29)32-3)11-17(30)27-6-4-26(5-7-27)12-15-10-18(31)28-8-9-33-21(28)23-15/h8-10H,4-7,11-12H2,1-3H3. The smallest absolute Gasteiger partial charge is 0.258 e. The fourth-order valence-electron chi connectivity index (χ4n) is 4.15. The Balaban J connectivity index is 1.24. The summed E-state index contributed by atoms with van der Waals surface area (Å²) < 4.78 is 3.28. The Hall–Kier alpha value is -2.83. The van der Waals surface area contributed by atoms with Crippen LogP contribution in [0.4, 0.5) is 0 Å². The largest absolute Gasteiger partial charge is 0.340 e. The molecule has 10 nitrogen and oxygen atoms in total. The van der Waals surface area contributed by atoms with E-state index in [-0.39, 0.29) is 11.5 Å². The number of hydrogen-bond donors (Lipinski definition) is 0. The maximum absolute atomic E-state index is 13.1. The van der Waals surface area contributed by atoms with Crippen LogP contribution in [0.5, 0.6) is 0 Å². The average molecular weight is 485 g/mol. The Morgan fingerprint density at radius 2 is 1.94 bits per heavy atom. The molecule has 1 saturated heterocycles. The lowest BCUT2D eigenvalue weighted by Crippen LogP contribution is -2.49. The third-order valence-corrected chi connectivity index (χ3v) is 7.30. The van der Waals surface area contributed by atoms with E-state index >= 15 is 0 Å². The van der Waals surface area contributed by atoms with Gasteiger partial charge in [0.15, 0.2) is 4.96 Å². The van der Waals surface area contributed by atoms with Gasteiger partial charge in [0.1, 0.15) is 0 Å². The zero-order valence-electron chi connectivity index (χ0n) is 18.7. The van der Waals surface area contributed by atoms with Crippen LogP contribution in [-0.4, -0.2) is 77.1 Å². The molecule has 0 atom stereocenters. The topological polar surface area (TPSA) is 101 Å². The SMILES string of the molecule is CSc1nc2nc(C)c(CC(=O)N3CCN(Cc4cc(=O)n5ccsc5n4)CC3)c(C)n2n1. The second kappa shape index (κ2) is 8.84. The Kier molecular flexibility index (Phi) is 5.89. The van der Waals surface area contributed by atoms with E-state index in [4.69, 9.17) is 0 Å². The van der Waals surface area contributed by atoms with Gasteiger partial charge in [0, 0.05) is 67.3 Å². The molecule has 172 valence electrons. The molecule has 0 spiro atoms. The first-order chi connectivity index (χ1) is 15.9. The van der Waals surface area contributed by atoms with Crippen molar-refractivity contribution in [3.8, 4) is 0 Å². The number of carbonyl (C=O) groups excluding carboxylic acids is 1. The fraction of sp³-hybridized carbons (Fsp3) is 0.429. The first-order valence-electron chi connectivity index (χ1n) is 10.7. The van der Waals surface area contributed by atoms with E-state index in [0.29, 0.717) is 42.0 Å². The van der Waals surface area contributed by atoms with Crippen LogP contribution in [0, 0.1) is 13.8 Å². The van der Waals surface area contributed by atoms with Crippen LogP contribution in [-0.2, 0) is 17.8 Å². The normalized spacial score (nSPS) is 15.1. The second-order valence-corrected chi connectivity index (χ2v) is 9.69. The zero-order valence-corrected chi connectivity index (χ0v) is 20.3. The minimum absolute atomic E-state index is 0.0570. The Morgan fingerprint density at radius 1 is 1.15 bits per heavy atom. The quantitative estimate of drug-likeness (QED) is 0.392. The number of aromatic nitrogens is 6. The van der Waals surface area contributed by atoms with Crippen LogP contribution in [0.2, 0.25) is 0 Å². The number of piperazine rings is 1. The highest BCUT2D eigenvalue weighted by molar-refractivity contribution is 7.98. The molecule has 0 aliphatic carbocycles. The summed E-state index contributed by atoms with van der Waals surface area (Å²) in [4.78, 5) is 43.7. The number of thiazole rings is 1. The highest BCUT2D eigenvalue weighted by atomic mass is 32.2. The molecule has 4 aromatic rings. The predicted molar refractivity (Wildman–Crippen MR) is 127 cm³/mol. The summed E-state index contributed by atoms with van der Waals surface area (Å²) in [5.41, 5.74) is 3.33. The van der Waals surface area contributed by atoms with Crippen LogP contribution in [0.3, 0.4) is 0 Å². The lowest BCUT2D eigenvalue weighted by Gasteiger charge is -2.34. The highest BCUT2D eigenvalue weighted by Crippen LogP contribution is 2.18. The number of rotatable bonds is 5. The molecule has 1 amide bonds. The maximum atomic E-state index is 13.1. The summed E-state index contributed by atoms with van der Waals surface area (Å²) >= 11 is 2.92. The number of aryl methyl sites for hydroxylation is 2. The molecule has 1 aliphatic rings. The van der Waals surface area contributed by atoms with E-state index in [9.17, 15) is 9.59 Å². The van der Waals surface area contributed by atoms with Gasteiger partial charge in [-0.15, -0.1) is 16.4 Å². The van der Waals surface area contributed by atoms with Crippen LogP contribution < -0.4 is 5.56 Å². The van der Waals surface area contributed by atoms with E-state index in [1.165, 1.54) is 23.1 Å². The molecular formula is C21H24N8O2S2. The van der Waals surface area contributed by atoms with Gasteiger partial charge in [0.05, 0.1) is 12.1 Å². The van der Waals surface area contributed by atoms with E-state index in [1.807, 2.05) is 30.4 Å². The molecular weight excluding hydrogens is 460 g/mol. The number of nitrogens with zero attached hydrogens (tertiary/aromatic N) is 8. The van der Waals surface area contributed by atoms with Crippen LogP contribution in [0.25, 0.3) is 10.7 Å². The molecule has 0 unspecified atom stereocenters. The van der Waals surface area contributed by atoms with Crippen molar-refractivity contribution in [1.29, 1.82) is 0 Å². The molecule has 12 heteroatoms. The molecule has 33 heavy (non-hydrogen) atoms. The van der Waals surface area contributed by atoms with Gasteiger partial charge in [-0.2, -0.15) is 4.98 Å². The predicted octanol–water partition coefficient (Wildman–Crippen LogP) is 1.42. The van der Waals surface area contributed by atoms with E-state index in [0.717, 1.165) is 35.7 Å². The van der Waals surface area contributed by atoms with Crippen LogP contribution in [0.15, 0.2) is 27.6 Å². The third kappa shape index (κ3) is 4.25.